The van der Waals surface area contributed by atoms with Crippen LogP contribution in [0.2, 0.25) is 0 Å². The molecule has 0 radical (unpaired) electrons. The number of hydrogen-bond acceptors (Lipinski definition) is 3. The van der Waals surface area contributed by atoms with Crippen LogP contribution < -0.4 is 15.9 Å². The van der Waals surface area contributed by atoms with Crippen molar-refractivity contribution >= 4 is 0 Å². The van der Waals surface area contributed by atoms with Crippen LogP contribution in [0.25, 0.3) is 11.3 Å². The topological polar surface area (TPSA) is 43.3 Å². The highest BCUT2D eigenvalue weighted by Crippen LogP contribution is 2.25. The highest BCUT2D eigenvalue weighted by Gasteiger charge is 2.07. The molecule has 1 aromatic carbocycles. The summed E-state index contributed by atoms with van der Waals surface area (Å²) in [6.45, 7) is 2.00. The number of nitrogens with zero attached hydrogens (tertiary/aromatic N) is 1. The molecule has 0 fully saturated rings. The van der Waals surface area contributed by atoms with Gasteiger partial charge in [0.25, 0.3) is 5.56 Å². The lowest BCUT2D eigenvalue weighted by Gasteiger charge is -2.12. The van der Waals surface area contributed by atoms with E-state index in [2.05, 4.69) is 5.48 Å². The lowest BCUT2D eigenvalue weighted by molar-refractivity contribution is 0.224. The van der Waals surface area contributed by atoms with Gasteiger partial charge in [-0.25, -0.2) is 0 Å². The van der Waals surface area contributed by atoms with E-state index in [4.69, 9.17) is 4.84 Å². The second-order valence-electron chi connectivity index (χ2n) is 4.09. The fourth-order valence-corrected chi connectivity index (χ4v) is 1.94. The second kappa shape index (κ2) is 5.06. The Hall–Kier alpha value is -2.07. The molecule has 0 unspecified atom stereocenters. The van der Waals surface area contributed by atoms with Crippen molar-refractivity contribution in [3.05, 3.63) is 52.3 Å². The molecular weight excluding hydrogens is 228 g/mol. The summed E-state index contributed by atoms with van der Waals surface area (Å²) in [7, 11) is 3.49. The van der Waals surface area contributed by atoms with Crippen LogP contribution in [-0.2, 0) is 7.05 Å². The zero-order chi connectivity index (χ0) is 13.1. The number of aromatic nitrogens is 1. The van der Waals surface area contributed by atoms with Crippen LogP contribution in [-0.4, -0.2) is 11.6 Å². The average Bonchev–Trinajstić information content (AvgIpc) is 2.34. The van der Waals surface area contributed by atoms with Crippen LogP contribution in [0.5, 0.6) is 5.75 Å². The Morgan fingerprint density at radius 3 is 2.67 bits per heavy atom. The first-order chi connectivity index (χ1) is 8.63. The van der Waals surface area contributed by atoms with Crippen LogP contribution >= 0.6 is 0 Å². The Kier molecular flexibility index (Phi) is 3.48. The van der Waals surface area contributed by atoms with Gasteiger partial charge in [0.2, 0.25) is 0 Å². The van der Waals surface area contributed by atoms with Gasteiger partial charge in [0, 0.05) is 25.7 Å². The Morgan fingerprint density at radius 1 is 1.22 bits per heavy atom. The maximum absolute atomic E-state index is 11.6. The molecular formula is C14H16N2O2. The number of rotatable bonds is 3. The lowest BCUT2D eigenvalue weighted by atomic mass is 10.0. The third kappa shape index (κ3) is 2.28. The van der Waals surface area contributed by atoms with Crippen molar-refractivity contribution < 1.29 is 4.84 Å². The molecule has 0 amide bonds. The zero-order valence-corrected chi connectivity index (χ0v) is 10.7. The minimum Gasteiger partial charge on any atom is -0.409 e. The smallest absolute Gasteiger partial charge is 0.250 e. The van der Waals surface area contributed by atoms with Crippen LogP contribution in [0.3, 0.4) is 0 Å². The van der Waals surface area contributed by atoms with Crippen LogP contribution in [0, 0.1) is 6.92 Å². The van der Waals surface area contributed by atoms with Crippen molar-refractivity contribution in [2.75, 3.05) is 7.05 Å². The van der Waals surface area contributed by atoms with E-state index in [1.165, 1.54) is 0 Å². The van der Waals surface area contributed by atoms with Gasteiger partial charge in [0.05, 0.1) is 5.69 Å². The SMILES string of the molecule is CNOc1ccc(-c2cccc(=O)n2C)c(C)c1. The zero-order valence-electron chi connectivity index (χ0n) is 10.7. The molecule has 18 heavy (non-hydrogen) atoms. The van der Waals surface area contributed by atoms with E-state index in [1.54, 1.807) is 30.8 Å². The van der Waals surface area contributed by atoms with Gasteiger partial charge in [-0.3, -0.25) is 4.79 Å². The highest BCUT2D eigenvalue weighted by molar-refractivity contribution is 5.65. The van der Waals surface area contributed by atoms with Gasteiger partial charge in [-0.2, -0.15) is 5.48 Å². The lowest BCUT2D eigenvalue weighted by Crippen LogP contribution is -2.16. The van der Waals surface area contributed by atoms with E-state index in [9.17, 15) is 4.79 Å². The third-order valence-electron chi connectivity index (χ3n) is 2.88. The van der Waals surface area contributed by atoms with Gasteiger partial charge >= 0.3 is 0 Å². The molecule has 0 saturated carbocycles. The largest absolute Gasteiger partial charge is 0.409 e. The molecule has 4 heteroatoms. The van der Waals surface area contributed by atoms with Crippen molar-refractivity contribution in [3.8, 4) is 17.0 Å². The fraction of sp³-hybridized carbons (Fsp3) is 0.214. The maximum Gasteiger partial charge on any atom is 0.250 e. The first-order valence-electron chi connectivity index (χ1n) is 5.74. The Labute approximate surface area is 106 Å². The van der Waals surface area contributed by atoms with E-state index in [0.717, 1.165) is 22.6 Å². The summed E-state index contributed by atoms with van der Waals surface area (Å²) in [5.41, 5.74) is 5.61. The predicted molar refractivity (Wildman–Crippen MR) is 71.5 cm³/mol. The molecule has 1 heterocycles. The Morgan fingerprint density at radius 2 is 2.00 bits per heavy atom. The van der Waals surface area contributed by atoms with Gasteiger partial charge in [0.15, 0.2) is 0 Å². The van der Waals surface area contributed by atoms with Crippen molar-refractivity contribution in [3.63, 3.8) is 0 Å². The first-order valence-corrected chi connectivity index (χ1v) is 5.74. The van der Waals surface area contributed by atoms with Crippen molar-refractivity contribution in [2.24, 2.45) is 7.05 Å². The number of hydrogen-bond donors (Lipinski definition) is 1. The van der Waals surface area contributed by atoms with E-state index >= 15 is 0 Å². The van der Waals surface area contributed by atoms with Gasteiger partial charge < -0.3 is 9.40 Å². The van der Waals surface area contributed by atoms with E-state index in [0.29, 0.717) is 0 Å². The second-order valence-corrected chi connectivity index (χ2v) is 4.09. The summed E-state index contributed by atoms with van der Waals surface area (Å²) < 4.78 is 1.64. The van der Waals surface area contributed by atoms with E-state index < -0.39 is 0 Å². The molecule has 0 bridgehead atoms. The molecule has 1 aromatic heterocycles. The number of benzene rings is 1. The Bertz CT molecular complexity index is 617. The summed E-state index contributed by atoms with van der Waals surface area (Å²) in [6, 6.07) is 11.0. The standard InChI is InChI=1S/C14H16N2O2/c1-10-9-11(18-15-2)7-8-12(10)13-5-4-6-14(17)16(13)3/h4-9,15H,1-3H3. The van der Waals surface area contributed by atoms with Crippen LogP contribution in [0.4, 0.5) is 0 Å². The molecule has 0 aliphatic carbocycles. The molecule has 0 atom stereocenters. The molecule has 0 aliphatic heterocycles. The number of aryl methyl sites for hydroxylation is 1. The first kappa shape index (κ1) is 12.4. The summed E-state index contributed by atoms with van der Waals surface area (Å²) in [5, 5.41) is 0. The van der Waals surface area contributed by atoms with Crippen molar-refractivity contribution in [1.82, 2.24) is 10.0 Å². The van der Waals surface area contributed by atoms with Gasteiger partial charge in [-0.05, 0) is 36.8 Å². The molecule has 0 spiro atoms. The highest BCUT2D eigenvalue weighted by atomic mass is 16.6. The quantitative estimate of drug-likeness (QED) is 0.838. The van der Waals surface area contributed by atoms with Crippen molar-refractivity contribution in [1.29, 1.82) is 0 Å². The third-order valence-corrected chi connectivity index (χ3v) is 2.88. The maximum atomic E-state index is 11.6. The summed E-state index contributed by atoms with van der Waals surface area (Å²) in [6.07, 6.45) is 0. The molecule has 0 aliphatic rings. The van der Waals surface area contributed by atoms with Gasteiger partial charge in [0.1, 0.15) is 5.75 Å². The van der Waals surface area contributed by atoms with Crippen LogP contribution in [0.15, 0.2) is 41.2 Å². The van der Waals surface area contributed by atoms with E-state index in [-0.39, 0.29) is 5.56 Å². The monoisotopic (exact) mass is 244 g/mol. The summed E-state index contributed by atoms with van der Waals surface area (Å²) in [5.74, 6) is 0.750. The molecule has 1 N–H and O–H groups in total. The normalized spacial score (nSPS) is 10.4. The molecule has 2 aromatic rings. The minimum atomic E-state index is -0.0116. The van der Waals surface area contributed by atoms with Gasteiger partial charge in [-0.15, -0.1) is 0 Å². The minimum absolute atomic E-state index is 0.0116. The fourth-order valence-electron chi connectivity index (χ4n) is 1.94. The van der Waals surface area contributed by atoms with E-state index in [1.807, 2.05) is 31.2 Å². The average molecular weight is 244 g/mol. The van der Waals surface area contributed by atoms with Crippen LogP contribution in [0.1, 0.15) is 5.56 Å². The summed E-state index contributed by atoms with van der Waals surface area (Å²) >= 11 is 0. The molecule has 4 nitrogen and oxygen atoms in total. The van der Waals surface area contributed by atoms with Crippen molar-refractivity contribution in [2.45, 2.75) is 6.92 Å². The molecule has 94 valence electrons. The number of hydroxylamine groups is 1. The number of pyridine rings is 1. The molecule has 2 rings (SSSR count). The summed E-state index contributed by atoms with van der Waals surface area (Å²) in [4.78, 5) is 16.8. The Balaban J connectivity index is 2.51. The predicted octanol–water partition coefficient (Wildman–Crippen LogP) is 1.87. The molecule has 0 saturated heterocycles. The van der Waals surface area contributed by atoms with Gasteiger partial charge in [-0.1, -0.05) is 6.07 Å². The number of nitrogens with one attached hydrogen (secondary N) is 1.